The summed E-state index contributed by atoms with van der Waals surface area (Å²) in [5.74, 6) is 0.743. The Kier molecular flexibility index (Phi) is 6.44. The lowest BCUT2D eigenvalue weighted by molar-refractivity contribution is -0.122. The molecule has 0 bridgehead atoms. The van der Waals surface area contributed by atoms with E-state index in [2.05, 4.69) is 20.8 Å². The fraction of sp³-hybridized carbons (Fsp3) is 0.0455. The number of carbonyl (C=O) groups is 1. The molecular weight excluding hydrogens is 453 g/mol. The number of halogens is 2. The zero-order valence-corrected chi connectivity index (χ0v) is 18.0. The second-order valence-electron chi connectivity index (χ2n) is 6.59. The van der Waals surface area contributed by atoms with Crippen molar-refractivity contribution in [1.82, 2.24) is 15.4 Å². The molecule has 32 heavy (non-hydrogen) atoms. The number of anilines is 2. The van der Waals surface area contributed by atoms with Crippen molar-refractivity contribution in [1.29, 1.82) is 0 Å². The van der Waals surface area contributed by atoms with Gasteiger partial charge in [0.2, 0.25) is 5.88 Å². The van der Waals surface area contributed by atoms with Gasteiger partial charge >= 0.3 is 0 Å². The fourth-order valence-electron chi connectivity index (χ4n) is 2.80. The predicted octanol–water partition coefficient (Wildman–Crippen LogP) is 4.83. The molecule has 4 aromatic rings. The van der Waals surface area contributed by atoms with Gasteiger partial charge in [0.15, 0.2) is 12.4 Å². The lowest BCUT2D eigenvalue weighted by Crippen LogP contribution is -2.34. The second kappa shape index (κ2) is 9.59. The summed E-state index contributed by atoms with van der Waals surface area (Å²) >= 11 is 11.9. The Morgan fingerprint density at radius 1 is 1.00 bits per heavy atom. The lowest BCUT2D eigenvalue weighted by atomic mass is 10.1. The molecule has 1 aromatic heterocycles. The average molecular weight is 470 g/mol. The molecule has 0 unspecified atom stereocenters. The van der Waals surface area contributed by atoms with Gasteiger partial charge in [-0.05, 0) is 41.1 Å². The van der Waals surface area contributed by atoms with Crippen molar-refractivity contribution in [3.05, 3.63) is 77.0 Å². The Morgan fingerprint density at radius 3 is 2.62 bits per heavy atom. The summed E-state index contributed by atoms with van der Waals surface area (Å²) < 4.78 is 11.2. The summed E-state index contributed by atoms with van der Waals surface area (Å²) in [6, 6.07) is 18.2. The van der Waals surface area contributed by atoms with Gasteiger partial charge in [-0.3, -0.25) is 15.6 Å². The standard InChI is InChI=1S/C22H17Cl2N5O3/c23-15-6-8-18(17(24)10-15)31-11-19(30)28-29-21-20(25)22(27-12-26-21)32-16-7-5-13-3-1-2-4-14(13)9-16/h1-10,12H,11,25H2,(H,28,30)(H,26,27,29). The maximum Gasteiger partial charge on any atom is 0.276 e. The number of nitrogens with one attached hydrogen (secondary N) is 2. The molecule has 0 radical (unpaired) electrons. The Morgan fingerprint density at radius 2 is 1.81 bits per heavy atom. The molecule has 0 aliphatic rings. The van der Waals surface area contributed by atoms with Gasteiger partial charge in [-0.1, -0.05) is 53.5 Å². The highest BCUT2D eigenvalue weighted by Gasteiger charge is 2.12. The molecule has 0 atom stereocenters. The van der Waals surface area contributed by atoms with Crippen LogP contribution in [-0.2, 0) is 4.79 Å². The van der Waals surface area contributed by atoms with Gasteiger partial charge in [0, 0.05) is 5.02 Å². The molecule has 1 heterocycles. The van der Waals surface area contributed by atoms with Gasteiger partial charge in [-0.25, -0.2) is 4.98 Å². The zero-order valence-electron chi connectivity index (χ0n) is 16.5. The highest BCUT2D eigenvalue weighted by molar-refractivity contribution is 6.35. The maximum absolute atomic E-state index is 12.1. The Balaban J connectivity index is 1.38. The molecule has 0 spiro atoms. The summed E-state index contributed by atoms with van der Waals surface area (Å²) in [5, 5.41) is 2.87. The molecule has 4 N–H and O–H groups in total. The van der Waals surface area contributed by atoms with E-state index in [0.29, 0.717) is 21.5 Å². The number of hydrazine groups is 1. The summed E-state index contributed by atoms with van der Waals surface area (Å²) in [4.78, 5) is 20.2. The molecule has 0 saturated heterocycles. The first kappa shape index (κ1) is 21.5. The first-order valence-electron chi connectivity index (χ1n) is 9.39. The predicted molar refractivity (Wildman–Crippen MR) is 124 cm³/mol. The highest BCUT2D eigenvalue weighted by Crippen LogP contribution is 2.31. The van der Waals surface area contributed by atoms with Crippen molar-refractivity contribution < 1.29 is 14.3 Å². The van der Waals surface area contributed by atoms with E-state index < -0.39 is 5.91 Å². The van der Waals surface area contributed by atoms with Crippen molar-refractivity contribution in [3.8, 4) is 17.4 Å². The largest absolute Gasteiger partial charge is 0.482 e. The molecular formula is C22H17Cl2N5O3. The minimum atomic E-state index is -0.481. The second-order valence-corrected chi connectivity index (χ2v) is 7.43. The number of hydrogen-bond acceptors (Lipinski definition) is 7. The number of nitrogens with two attached hydrogens (primary N) is 1. The van der Waals surface area contributed by atoms with Crippen LogP contribution in [0.15, 0.2) is 67.0 Å². The van der Waals surface area contributed by atoms with Gasteiger partial charge in [0.1, 0.15) is 23.5 Å². The lowest BCUT2D eigenvalue weighted by Gasteiger charge is -2.13. The van der Waals surface area contributed by atoms with Crippen LogP contribution in [0.5, 0.6) is 17.4 Å². The van der Waals surface area contributed by atoms with E-state index in [1.54, 1.807) is 12.1 Å². The molecule has 10 heteroatoms. The molecule has 0 fully saturated rings. The van der Waals surface area contributed by atoms with E-state index in [1.807, 2.05) is 42.5 Å². The van der Waals surface area contributed by atoms with Crippen LogP contribution in [0.25, 0.3) is 10.8 Å². The molecule has 4 rings (SSSR count). The van der Waals surface area contributed by atoms with Gasteiger partial charge in [-0.2, -0.15) is 4.98 Å². The van der Waals surface area contributed by atoms with E-state index in [0.717, 1.165) is 10.8 Å². The number of ether oxygens (including phenoxy) is 2. The molecule has 0 aliphatic heterocycles. The SMILES string of the molecule is Nc1c(NNC(=O)COc2ccc(Cl)cc2Cl)ncnc1Oc1ccc2ccccc2c1. The molecule has 1 amide bonds. The topological polar surface area (TPSA) is 111 Å². The summed E-state index contributed by atoms with van der Waals surface area (Å²) in [7, 11) is 0. The quantitative estimate of drug-likeness (QED) is 0.332. The van der Waals surface area contributed by atoms with Crippen LogP contribution in [0, 0.1) is 0 Å². The van der Waals surface area contributed by atoms with E-state index in [-0.39, 0.29) is 24.0 Å². The fourth-order valence-corrected chi connectivity index (χ4v) is 3.27. The minimum absolute atomic E-state index is 0.127. The van der Waals surface area contributed by atoms with Crippen molar-refractivity contribution in [2.75, 3.05) is 17.8 Å². The van der Waals surface area contributed by atoms with E-state index >= 15 is 0 Å². The number of aromatic nitrogens is 2. The number of fused-ring (bicyclic) bond motifs is 1. The van der Waals surface area contributed by atoms with Crippen LogP contribution >= 0.6 is 23.2 Å². The van der Waals surface area contributed by atoms with Crippen molar-refractivity contribution in [2.24, 2.45) is 0 Å². The van der Waals surface area contributed by atoms with Crippen molar-refractivity contribution in [3.63, 3.8) is 0 Å². The number of benzene rings is 3. The van der Waals surface area contributed by atoms with Crippen LogP contribution in [0.4, 0.5) is 11.5 Å². The molecule has 0 saturated carbocycles. The molecule has 162 valence electrons. The van der Waals surface area contributed by atoms with Crippen molar-refractivity contribution in [2.45, 2.75) is 0 Å². The highest BCUT2D eigenvalue weighted by atomic mass is 35.5. The third kappa shape index (κ3) is 5.11. The van der Waals surface area contributed by atoms with Crippen LogP contribution in [0.1, 0.15) is 0 Å². The monoisotopic (exact) mass is 469 g/mol. The van der Waals surface area contributed by atoms with E-state index in [1.165, 1.54) is 12.4 Å². The van der Waals surface area contributed by atoms with Crippen molar-refractivity contribution >= 4 is 51.4 Å². The van der Waals surface area contributed by atoms with Crippen LogP contribution in [0.2, 0.25) is 10.0 Å². The Hall–Kier alpha value is -3.75. The van der Waals surface area contributed by atoms with Crippen LogP contribution in [-0.4, -0.2) is 22.5 Å². The Labute approximate surface area is 193 Å². The third-order valence-electron chi connectivity index (χ3n) is 4.36. The van der Waals surface area contributed by atoms with Gasteiger partial charge < -0.3 is 15.2 Å². The first-order chi connectivity index (χ1) is 15.5. The number of amides is 1. The maximum atomic E-state index is 12.1. The van der Waals surface area contributed by atoms with E-state index in [4.69, 9.17) is 38.4 Å². The number of hydrogen-bond donors (Lipinski definition) is 3. The summed E-state index contributed by atoms with van der Waals surface area (Å²) in [5.41, 5.74) is 11.3. The van der Waals surface area contributed by atoms with Gasteiger partial charge in [0.25, 0.3) is 5.91 Å². The molecule has 0 aliphatic carbocycles. The molecule has 3 aromatic carbocycles. The normalized spacial score (nSPS) is 10.6. The number of carbonyl (C=O) groups excluding carboxylic acids is 1. The Bertz CT molecular complexity index is 1290. The van der Waals surface area contributed by atoms with Gasteiger partial charge in [-0.15, -0.1) is 0 Å². The number of nitrogens with zero attached hydrogens (tertiary/aromatic N) is 2. The van der Waals surface area contributed by atoms with E-state index in [9.17, 15) is 4.79 Å². The number of rotatable bonds is 7. The first-order valence-corrected chi connectivity index (χ1v) is 10.1. The molecule has 8 nitrogen and oxygen atoms in total. The summed E-state index contributed by atoms with van der Waals surface area (Å²) in [6.07, 6.45) is 1.27. The summed E-state index contributed by atoms with van der Waals surface area (Å²) in [6.45, 7) is -0.292. The van der Waals surface area contributed by atoms with Crippen LogP contribution in [0.3, 0.4) is 0 Å². The van der Waals surface area contributed by atoms with Gasteiger partial charge in [0.05, 0.1) is 5.02 Å². The minimum Gasteiger partial charge on any atom is -0.482 e. The third-order valence-corrected chi connectivity index (χ3v) is 4.89. The smallest absolute Gasteiger partial charge is 0.276 e. The average Bonchev–Trinajstić information content (AvgIpc) is 2.79. The number of nitrogen functional groups attached to an aromatic ring is 1. The zero-order chi connectivity index (χ0) is 22.5. The van der Waals surface area contributed by atoms with Crippen LogP contribution < -0.4 is 26.1 Å².